The van der Waals surface area contributed by atoms with Crippen molar-refractivity contribution in [2.24, 2.45) is 5.73 Å². The number of hydrogen-bond acceptors (Lipinski definition) is 7. The molecule has 0 bridgehead atoms. The second-order valence-corrected chi connectivity index (χ2v) is 5.82. The highest BCUT2D eigenvalue weighted by molar-refractivity contribution is 7.99. The Kier molecular flexibility index (Phi) is 6.27. The lowest BCUT2D eigenvalue weighted by Crippen LogP contribution is -2.32. The molecule has 8 nitrogen and oxygen atoms in total. The molecule has 1 aromatic rings. The minimum Gasteiger partial charge on any atom is -0.480 e. The van der Waals surface area contributed by atoms with Crippen molar-refractivity contribution in [2.45, 2.75) is 18.2 Å². The van der Waals surface area contributed by atoms with Crippen molar-refractivity contribution in [3.8, 4) is 11.5 Å². The van der Waals surface area contributed by atoms with Crippen molar-refractivity contribution >= 4 is 35.8 Å². The molecule has 0 fully saturated rings. The van der Waals surface area contributed by atoms with Crippen LogP contribution in [0.5, 0.6) is 11.5 Å². The van der Waals surface area contributed by atoms with E-state index in [1.807, 2.05) is 0 Å². The van der Waals surface area contributed by atoms with E-state index in [9.17, 15) is 14.9 Å². The lowest BCUT2D eigenvalue weighted by Gasteiger charge is -2.14. The van der Waals surface area contributed by atoms with Gasteiger partial charge in [-0.2, -0.15) is 11.8 Å². The maximum atomic E-state index is 11.2. The molecular formula is C12H15ClN2O6S. The smallest absolute Gasteiger partial charge is 0.321 e. The van der Waals surface area contributed by atoms with Crippen LogP contribution in [0.25, 0.3) is 0 Å². The summed E-state index contributed by atoms with van der Waals surface area (Å²) in [6.45, 7) is 1.78. The highest BCUT2D eigenvalue weighted by atomic mass is 35.5. The van der Waals surface area contributed by atoms with Gasteiger partial charge in [0.2, 0.25) is 6.79 Å². The summed E-state index contributed by atoms with van der Waals surface area (Å²) in [5, 5.41) is 19.6. The molecule has 0 aromatic heterocycles. The van der Waals surface area contributed by atoms with Gasteiger partial charge < -0.3 is 20.3 Å². The highest BCUT2D eigenvalue weighted by Crippen LogP contribution is 2.43. The summed E-state index contributed by atoms with van der Waals surface area (Å²) in [6, 6.07) is 1.88. The number of hydrogen-bond donors (Lipinski definition) is 2. The third-order valence-electron chi connectivity index (χ3n) is 3.00. The van der Waals surface area contributed by atoms with Crippen LogP contribution in [0.3, 0.4) is 0 Å². The van der Waals surface area contributed by atoms with E-state index in [0.29, 0.717) is 17.1 Å². The number of nitro benzene ring substituents is 1. The topological polar surface area (TPSA) is 125 Å². The number of carboxylic acids is 1. The predicted octanol–water partition coefficient (Wildman–Crippen LogP) is 1.95. The van der Waals surface area contributed by atoms with Crippen LogP contribution in [0, 0.1) is 10.1 Å². The summed E-state index contributed by atoms with van der Waals surface area (Å²) >= 11 is 1.24. The molecule has 0 saturated heterocycles. The van der Waals surface area contributed by atoms with Crippen LogP contribution in [0.2, 0.25) is 0 Å². The summed E-state index contributed by atoms with van der Waals surface area (Å²) in [5.41, 5.74) is 5.80. The van der Waals surface area contributed by atoms with Crippen molar-refractivity contribution in [3.63, 3.8) is 0 Å². The summed E-state index contributed by atoms with van der Waals surface area (Å²) in [7, 11) is 0. The van der Waals surface area contributed by atoms with Crippen molar-refractivity contribution in [3.05, 3.63) is 27.8 Å². The van der Waals surface area contributed by atoms with Crippen LogP contribution < -0.4 is 15.2 Å². The van der Waals surface area contributed by atoms with Crippen LogP contribution in [0.15, 0.2) is 12.1 Å². The molecule has 2 atom stereocenters. The lowest BCUT2D eigenvalue weighted by atomic mass is 10.1. The first-order valence-electron chi connectivity index (χ1n) is 6.08. The van der Waals surface area contributed by atoms with E-state index >= 15 is 0 Å². The molecule has 0 saturated carbocycles. The van der Waals surface area contributed by atoms with E-state index in [1.54, 1.807) is 13.0 Å². The van der Waals surface area contributed by atoms with Gasteiger partial charge >= 0.3 is 5.97 Å². The zero-order valence-electron chi connectivity index (χ0n) is 11.6. The number of aliphatic carboxylic acids is 1. The predicted molar refractivity (Wildman–Crippen MR) is 83.0 cm³/mol. The Hall–Kier alpha value is -1.71. The largest absolute Gasteiger partial charge is 0.480 e. The van der Waals surface area contributed by atoms with Crippen molar-refractivity contribution < 1.29 is 24.3 Å². The van der Waals surface area contributed by atoms with Crippen molar-refractivity contribution in [1.82, 2.24) is 0 Å². The maximum absolute atomic E-state index is 11.2. The van der Waals surface area contributed by atoms with Gasteiger partial charge in [0, 0.05) is 16.6 Å². The minimum atomic E-state index is -1.10. The van der Waals surface area contributed by atoms with Gasteiger partial charge in [0.25, 0.3) is 5.69 Å². The van der Waals surface area contributed by atoms with Crippen LogP contribution in [0.1, 0.15) is 17.7 Å². The molecule has 0 radical (unpaired) electrons. The number of benzene rings is 1. The normalized spacial score (nSPS) is 14.8. The summed E-state index contributed by atoms with van der Waals surface area (Å²) in [4.78, 5) is 21.4. The fraction of sp³-hybridized carbons (Fsp3) is 0.417. The van der Waals surface area contributed by atoms with Crippen LogP contribution in [-0.4, -0.2) is 34.6 Å². The second-order valence-electron chi connectivity index (χ2n) is 4.44. The number of halogens is 1. The first-order valence-corrected chi connectivity index (χ1v) is 7.13. The molecular weight excluding hydrogens is 336 g/mol. The van der Waals surface area contributed by atoms with E-state index in [4.69, 9.17) is 20.3 Å². The number of nitro groups is 1. The van der Waals surface area contributed by atoms with Gasteiger partial charge in [-0.15, -0.1) is 12.4 Å². The lowest BCUT2D eigenvalue weighted by molar-refractivity contribution is -0.385. The first-order chi connectivity index (χ1) is 9.90. The molecule has 22 heavy (non-hydrogen) atoms. The monoisotopic (exact) mass is 350 g/mol. The second kappa shape index (κ2) is 7.52. The molecule has 1 aliphatic heterocycles. The number of carbonyl (C=O) groups is 1. The van der Waals surface area contributed by atoms with E-state index in [2.05, 4.69) is 0 Å². The van der Waals surface area contributed by atoms with E-state index in [1.165, 1.54) is 17.8 Å². The molecule has 0 spiro atoms. The maximum Gasteiger partial charge on any atom is 0.321 e. The molecule has 1 aliphatic rings. The molecule has 1 aromatic carbocycles. The Morgan fingerprint density at radius 1 is 1.50 bits per heavy atom. The van der Waals surface area contributed by atoms with Crippen LogP contribution in [0.4, 0.5) is 5.69 Å². The van der Waals surface area contributed by atoms with Crippen LogP contribution >= 0.6 is 24.2 Å². The van der Waals surface area contributed by atoms with Gasteiger partial charge in [-0.1, -0.05) is 0 Å². The summed E-state index contributed by atoms with van der Waals surface area (Å²) in [6.07, 6.45) is 0. The molecule has 1 heterocycles. The molecule has 3 N–H and O–H groups in total. The third-order valence-corrected chi connectivity index (χ3v) is 4.31. The molecule has 0 aliphatic carbocycles. The number of rotatable bonds is 6. The van der Waals surface area contributed by atoms with Crippen molar-refractivity contribution in [2.75, 3.05) is 12.5 Å². The molecule has 10 heteroatoms. The number of fused-ring (bicyclic) bond motifs is 1. The Labute approximate surface area is 136 Å². The SMILES string of the molecule is CC(SCC(N)C(=O)O)c1cc2c(cc1[N+](=O)[O-])OCO2.Cl. The Bertz CT molecular complexity index is 585. The number of carboxylic acid groups (broad SMARTS) is 1. The zero-order chi connectivity index (χ0) is 15.6. The zero-order valence-corrected chi connectivity index (χ0v) is 13.2. The number of thioether (sulfide) groups is 1. The average molecular weight is 351 g/mol. The third kappa shape index (κ3) is 3.93. The quantitative estimate of drug-likeness (QED) is 0.589. The van der Waals surface area contributed by atoms with E-state index < -0.39 is 16.9 Å². The van der Waals surface area contributed by atoms with E-state index in [-0.39, 0.29) is 35.9 Å². The Morgan fingerprint density at radius 2 is 2.09 bits per heavy atom. The average Bonchev–Trinajstić information content (AvgIpc) is 2.89. The van der Waals surface area contributed by atoms with Gasteiger partial charge in [-0.25, -0.2) is 0 Å². The van der Waals surface area contributed by atoms with Gasteiger partial charge in [-0.3, -0.25) is 14.9 Å². The Balaban J connectivity index is 0.00000242. The number of nitrogens with two attached hydrogens (primary N) is 1. The highest BCUT2D eigenvalue weighted by Gasteiger charge is 2.27. The molecule has 122 valence electrons. The first kappa shape index (κ1) is 18.3. The molecule has 2 unspecified atom stereocenters. The standard InChI is InChI=1S/C12H14N2O6S.ClH/c1-6(21-4-8(13)12(15)16)7-2-10-11(20-5-19-10)3-9(7)14(17)18;/h2-3,6,8H,4-5,13H2,1H3,(H,15,16);1H. The van der Waals surface area contributed by atoms with E-state index in [0.717, 1.165) is 0 Å². The number of ether oxygens (including phenoxy) is 2. The Morgan fingerprint density at radius 3 is 2.64 bits per heavy atom. The number of nitrogens with zero attached hydrogens (tertiary/aromatic N) is 1. The fourth-order valence-electron chi connectivity index (χ4n) is 1.84. The minimum absolute atomic E-state index is 0. The molecule has 2 rings (SSSR count). The fourth-order valence-corrected chi connectivity index (χ4v) is 2.85. The van der Waals surface area contributed by atoms with Gasteiger partial charge in [0.05, 0.1) is 11.0 Å². The summed E-state index contributed by atoms with van der Waals surface area (Å²) < 4.78 is 10.3. The van der Waals surface area contributed by atoms with Gasteiger partial charge in [0.15, 0.2) is 11.5 Å². The summed E-state index contributed by atoms with van der Waals surface area (Å²) in [5.74, 6) is -0.160. The van der Waals surface area contributed by atoms with Gasteiger partial charge in [0.1, 0.15) is 6.04 Å². The molecule has 0 amide bonds. The van der Waals surface area contributed by atoms with Crippen LogP contribution in [-0.2, 0) is 4.79 Å². The van der Waals surface area contributed by atoms with Gasteiger partial charge in [-0.05, 0) is 13.0 Å². The van der Waals surface area contributed by atoms with Crippen molar-refractivity contribution in [1.29, 1.82) is 0 Å².